The highest BCUT2D eigenvalue weighted by atomic mass is 16.7. The molecule has 2 aliphatic heterocycles. The van der Waals surface area contributed by atoms with Gasteiger partial charge in [-0.2, -0.15) is 0 Å². The second-order valence-corrected chi connectivity index (χ2v) is 8.20. The third kappa shape index (κ3) is 3.77. The Morgan fingerprint density at radius 3 is 2.52 bits per heavy atom. The second-order valence-electron chi connectivity index (χ2n) is 8.20. The molecule has 1 fully saturated rings. The van der Waals surface area contributed by atoms with Crippen LogP contribution in [-0.4, -0.2) is 25.7 Å². The van der Waals surface area contributed by atoms with Crippen LogP contribution in [0.2, 0.25) is 0 Å². The summed E-state index contributed by atoms with van der Waals surface area (Å²) in [6.07, 6.45) is 1.83. The van der Waals surface area contributed by atoms with Crippen LogP contribution in [0.3, 0.4) is 0 Å². The monoisotopic (exact) mass is 395 g/mol. The first-order chi connectivity index (χ1) is 14.0. The Balaban J connectivity index is 1.55. The summed E-state index contributed by atoms with van der Waals surface area (Å²) in [6, 6.07) is 13.9. The highest BCUT2D eigenvalue weighted by molar-refractivity contribution is 6.06. The zero-order valence-electron chi connectivity index (χ0n) is 17.4. The van der Waals surface area contributed by atoms with Crippen molar-refractivity contribution < 1.29 is 19.0 Å². The van der Waals surface area contributed by atoms with Crippen LogP contribution in [0.4, 0.5) is 5.69 Å². The number of rotatable bonds is 6. The van der Waals surface area contributed by atoms with Crippen LogP contribution in [0.15, 0.2) is 42.5 Å². The van der Waals surface area contributed by atoms with Gasteiger partial charge in [0.2, 0.25) is 0 Å². The van der Waals surface area contributed by atoms with Crippen LogP contribution in [0.5, 0.6) is 5.75 Å². The molecule has 2 heterocycles. The summed E-state index contributed by atoms with van der Waals surface area (Å²) in [5.74, 6) is 0.0441. The molecule has 154 valence electrons. The van der Waals surface area contributed by atoms with E-state index in [9.17, 15) is 4.79 Å². The molecule has 0 atom stereocenters. The number of aryl methyl sites for hydroxylation is 1. The number of fused-ring (bicyclic) bond motifs is 2. The zero-order chi connectivity index (χ0) is 20.4. The lowest BCUT2D eigenvalue weighted by Crippen LogP contribution is -2.47. The molecule has 5 nitrogen and oxygen atoms in total. The molecule has 1 amide bonds. The molecule has 0 aliphatic carbocycles. The number of carbonyl (C=O) groups excluding carboxylic acids is 1. The summed E-state index contributed by atoms with van der Waals surface area (Å²) in [5.41, 5.74) is 3.79. The fraction of sp³-hybridized carbons (Fsp3) is 0.458. The number of hydrogen-bond acceptors (Lipinski definition) is 4. The second kappa shape index (κ2) is 8.17. The van der Waals surface area contributed by atoms with Gasteiger partial charge in [0, 0.05) is 5.56 Å². The maximum Gasteiger partial charge on any atom is 0.292 e. The number of nitrogens with zero attached hydrogens (tertiary/aromatic N) is 1. The Bertz CT molecular complexity index is 869. The van der Waals surface area contributed by atoms with Crippen molar-refractivity contribution in [2.24, 2.45) is 5.92 Å². The molecule has 5 heteroatoms. The fourth-order valence-corrected chi connectivity index (χ4v) is 3.93. The van der Waals surface area contributed by atoms with Crippen molar-refractivity contribution in [2.45, 2.75) is 45.9 Å². The SMILES string of the molecule is Cc1cccc2c1N(Cc1ccc(OCCC(C)C)cc1)C(=O)C21OCCCO1. The van der Waals surface area contributed by atoms with E-state index in [0.717, 1.165) is 41.0 Å². The van der Waals surface area contributed by atoms with Gasteiger partial charge in [-0.15, -0.1) is 0 Å². The molecule has 2 aliphatic rings. The number of amides is 1. The van der Waals surface area contributed by atoms with Crippen molar-refractivity contribution in [3.63, 3.8) is 0 Å². The maximum atomic E-state index is 13.4. The quantitative estimate of drug-likeness (QED) is 0.720. The molecule has 1 saturated heterocycles. The number of para-hydroxylation sites is 1. The van der Waals surface area contributed by atoms with E-state index >= 15 is 0 Å². The standard InChI is InChI=1S/C24H29NO4/c1-17(2)12-15-27-20-10-8-19(9-11-20)16-25-22-18(3)6-4-7-21(22)24(23(25)26)28-13-5-14-29-24/h4,6-11,17H,5,12-16H2,1-3H3. The first-order valence-corrected chi connectivity index (χ1v) is 10.4. The molecule has 1 spiro atoms. The molecule has 4 rings (SSSR count). The topological polar surface area (TPSA) is 48.0 Å². The predicted octanol–water partition coefficient (Wildman–Crippen LogP) is 4.56. The van der Waals surface area contributed by atoms with Crippen molar-refractivity contribution in [3.8, 4) is 5.75 Å². The largest absolute Gasteiger partial charge is 0.494 e. The van der Waals surface area contributed by atoms with Crippen LogP contribution in [0.25, 0.3) is 0 Å². The van der Waals surface area contributed by atoms with Gasteiger partial charge in [0.25, 0.3) is 11.7 Å². The Kier molecular flexibility index (Phi) is 5.61. The van der Waals surface area contributed by atoms with Gasteiger partial charge >= 0.3 is 0 Å². The van der Waals surface area contributed by atoms with Gasteiger partial charge < -0.3 is 19.1 Å². The number of anilines is 1. The Morgan fingerprint density at radius 2 is 1.83 bits per heavy atom. The third-order valence-corrected chi connectivity index (χ3v) is 5.52. The van der Waals surface area contributed by atoms with Crippen LogP contribution in [0, 0.1) is 12.8 Å². The summed E-state index contributed by atoms with van der Waals surface area (Å²) in [5, 5.41) is 0. The summed E-state index contributed by atoms with van der Waals surface area (Å²) < 4.78 is 17.7. The minimum Gasteiger partial charge on any atom is -0.494 e. The van der Waals surface area contributed by atoms with Crippen molar-refractivity contribution in [2.75, 3.05) is 24.7 Å². The molecule has 2 aromatic rings. The van der Waals surface area contributed by atoms with E-state index in [4.69, 9.17) is 14.2 Å². The van der Waals surface area contributed by atoms with Crippen molar-refractivity contribution in [1.82, 2.24) is 0 Å². The molecule has 2 aromatic carbocycles. The molecule has 0 unspecified atom stereocenters. The van der Waals surface area contributed by atoms with E-state index in [2.05, 4.69) is 13.8 Å². The molecular formula is C24H29NO4. The minimum absolute atomic E-state index is 0.140. The number of hydrogen-bond donors (Lipinski definition) is 0. The van der Waals surface area contributed by atoms with Gasteiger partial charge in [-0.05, 0) is 48.9 Å². The van der Waals surface area contributed by atoms with Gasteiger partial charge in [-0.25, -0.2) is 0 Å². The molecule has 29 heavy (non-hydrogen) atoms. The highest BCUT2D eigenvalue weighted by Gasteiger charge is 2.55. The van der Waals surface area contributed by atoms with Gasteiger partial charge in [0.05, 0.1) is 32.1 Å². The van der Waals surface area contributed by atoms with Gasteiger partial charge in [0.1, 0.15) is 5.75 Å². The maximum absolute atomic E-state index is 13.4. The van der Waals surface area contributed by atoms with Crippen LogP contribution >= 0.6 is 0 Å². The zero-order valence-corrected chi connectivity index (χ0v) is 17.4. The predicted molar refractivity (Wildman–Crippen MR) is 112 cm³/mol. The van der Waals surface area contributed by atoms with E-state index in [1.165, 1.54) is 0 Å². The Labute approximate surface area is 172 Å². The van der Waals surface area contributed by atoms with E-state index < -0.39 is 5.79 Å². The molecular weight excluding hydrogens is 366 g/mol. The summed E-state index contributed by atoms with van der Waals surface area (Å²) in [7, 11) is 0. The Morgan fingerprint density at radius 1 is 1.10 bits per heavy atom. The summed E-state index contributed by atoms with van der Waals surface area (Å²) >= 11 is 0. The number of ether oxygens (including phenoxy) is 3. The van der Waals surface area contributed by atoms with Gasteiger partial charge in [0.15, 0.2) is 0 Å². The molecule has 0 radical (unpaired) electrons. The van der Waals surface area contributed by atoms with Gasteiger partial charge in [-0.3, -0.25) is 4.79 Å². The Hall–Kier alpha value is -2.37. The average molecular weight is 395 g/mol. The minimum atomic E-state index is -1.29. The third-order valence-electron chi connectivity index (χ3n) is 5.52. The van der Waals surface area contributed by atoms with Crippen LogP contribution in [0.1, 0.15) is 43.4 Å². The first-order valence-electron chi connectivity index (χ1n) is 10.4. The fourth-order valence-electron chi connectivity index (χ4n) is 3.93. The normalized spacial score (nSPS) is 17.8. The molecule has 0 saturated carbocycles. The smallest absolute Gasteiger partial charge is 0.292 e. The molecule has 0 N–H and O–H groups in total. The van der Waals surface area contributed by atoms with E-state index in [1.807, 2.05) is 49.4 Å². The average Bonchev–Trinajstić information content (AvgIpc) is 2.93. The van der Waals surface area contributed by atoms with Crippen LogP contribution < -0.4 is 9.64 Å². The van der Waals surface area contributed by atoms with Crippen molar-refractivity contribution >= 4 is 11.6 Å². The van der Waals surface area contributed by atoms with E-state index in [-0.39, 0.29) is 5.91 Å². The summed E-state index contributed by atoms with van der Waals surface area (Å²) in [4.78, 5) is 15.2. The lowest BCUT2D eigenvalue weighted by Gasteiger charge is -2.32. The molecule has 0 bridgehead atoms. The van der Waals surface area contributed by atoms with E-state index in [0.29, 0.717) is 32.3 Å². The number of carbonyl (C=O) groups is 1. The van der Waals surface area contributed by atoms with E-state index in [1.54, 1.807) is 4.90 Å². The van der Waals surface area contributed by atoms with Crippen molar-refractivity contribution in [1.29, 1.82) is 0 Å². The van der Waals surface area contributed by atoms with Gasteiger partial charge in [-0.1, -0.05) is 44.2 Å². The summed E-state index contributed by atoms with van der Waals surface area (Å²) in [6.45, 7) is 8.62. The first kappa shape index (κ1) is 19.9. The number of benzene rings is 2. The lowest BCUT2D eigenvalue weighted by atomic mass is 10.0. The van der Waals surface area contributed by atoms with Crippen molar-refractivity contribution in [3.05, 3.63) is 59.2 Å². The highest BCUT2D eigenvalue weighted by Crippen LogP contribution is 2.47. The lowest BCUT2D eigenvalue weighted by molar-refractivity contribution is -0.256. The molecule has 0 aromatic heterocycles. The van der Waals surface area contributed by atoms with Crippen LogP contribution in [-0.2, 0) is 26.6 Å².